The number of rotatable bonds is 4. The molecule has 0 aliphatic carbocycles. The smallest absolute Gasteiger partial charge is 0.272 e. The third-order valence-corrected chi connectivity index (χ3v) is 4.63. The third-order valence-electron chi connectivity index (χ3n) is 4.63. The lowest BCUT2D eigenvalue weighted by Gasteiger charge is -2.31. The Morgan fingerprint density at radius 3 is 2.60 bits per heavy atom. The molecule has 0 spiro atoms. The lowest BCUT2D eigenvalue weighted by molar-refractivity contribution is -0.133. The van der Waals surface area contributed by atoms with E-state index in [1.54, 1.807) is 23.2 Å². The van der Waals surface area contributed by atoms with Crippen LogP contribution in [0.4, 0.5) is 0 Å². The summed E-state index contributed by atoms with van der Waals surface area (Å²) < 4.78 is 0. The van der Waals surface area contributed by atoms with E-state index in [2.05, 4.69) is 11.9 Å². The Balaban J connectivity index is 1.77. The summed E-state index contributed by atoms with van der Waals surface area (Å²) in [5.74, 6) is 0.000403. The number of pyridine rings is 1. The molecule has 0 bridgehead atoms. The van der Waals surface area contributed by atoms with Gasteiger partial charge in [0.2, 0.25) is 5.91 Å². The van der Waals surface area contributed by atoms with Gasteiger partial charge in [0.15, 0.2) is 0 Å². The van der Waals surface area contributed by atoms with Crippen LogP contribution in [-0.2, 0) is 11.3 Å². The van der Waals surface area contributed by atoms with Gasteiger partial charge in [-0.25, -0.2) is 0 Å². The van der Waals surface area contributed by atoms with Crippen molar-refractivity contribution in [2.24, 2.45) is 0 Å². The van der Waals surface area contributed by atoms with Crippen LogP contribution in [0.1, 0.15) is 35.8 Å². The molecule has 0 saturated carbocycles. The van der Waals surface area contributed by atoms with Crippen LogP contribution in [0.5, 0.6) is 0 Å². The second kappa shape index (κ2) is 7.92. The number of hydrogen-bond acceptors (Lipinski definition) is 3. The zero-order valence-corrected chi connectivity index (χ0v) is 14.5. The Morgan fingerprint density at radius 1 is 1.16 bits per heavy atom. The zero-order chi connectivity index (χ0) is 17.6. The molecule has 25 heavy (non-hydrogen) atoms. The summed E-state index contributed by atoms with van der Waals surface area (Å²) in [7, 11) is 0. The van der Waals surface area contributed by atoms with E-state index in [1.807, 2.05) is 41.3 Å². The standard InChI is InChI=1S/C20H23N3O2/c1-2-17-15-22(20(25)18-10-6-7-12-21-18)13-11-19(24)23(17)14-16-8-4-3-5-9-16/h3-10,12,17H,2,11,13-15H2,1H3/t17-/m1/s1. The van der Waals surface area contributed by atoms with Gasteiger partial charge in [0, 0.05) is 38.3 Å². The van der Waals surface area contributed by atoms with Gasteiger partial charge >= 0.3 is 0 Å². The number of nitrogens with zero attached hydrogens (tertiary/aromatic N) is 3. The summed E-state index contributed by atoms with van der Waals surface area (Å²) in [6, 6.07) is 15.3. The highest BCUT2D eigenvalue weighted by Crippen LogP contribution is 2.19. The van der Waals surface area contributed by atoms with Crippen LogP contribution < -0.4 is 0 Å². The van der Waals surface area contributed by atoms with E-state index in [-0.39, 0.29) is 17.9 Å². The van der Waals surface area contributed by atoms with Gasteiger partial charge in [0.1, 0.15) is 5.69 Å². The van der Waals surface area contributed by atoms with Crippen LogP contribution in [0.3, 0.4) is 0 Å². The maximum absolute atomic E-state index is 12.7. The van der Waals surface area contributed by atoms with Crippen LogP contribution in [0.25, 0.3) is 0 Å². The monoisotopic (exact) mass is 337 g/mol. The number of amides is 2. The van der Waals surface area contributed by atoms with Crippen molar-refractivity contribution in [1.82, 2.24) is 14.8 Å². The van der Waals surface area contributed by atoms with Crippen LogP contribution in [0.2, 0.25) is 0 Å². The van der Waals surface area contributed by atoms with Crippen LogP contribution in [-0.4, -0.2) is 45.7 Å². The van der Waals surface area contributed by atoms with E-state index in [1.165, 1.54) is 0 Å². The zero-order valence-electron chi connectivity index (χ0n) is 14.5. The van der Waals surface area contributed by atoms with E-state index in [0.29, 0.717) is 31.7 Å². The average Bonchev–Trinajstić information content (AvgIpc) is 2.82. The fourth-order valence-electron chi connectivity index (χ4n) is 3.20. The molecule has 1 aliphatic heterocycles. The fourth-order valence-corrected chi connectivity index (χ4v) is 3.20. The first kappa shape index (κ1) is 17.1. The number of carbonyl (C=O) groups is 2. The Labute approximate surface area is 148 Å². The molecular formula is C20H23N3O2. The lowest BCUT2D eigenvalue weighted by Crippen LogP contribution is -2.43. The van der Waals surface area contributed by atoms with Gasteiger partial charge in [0.25, 0.3) is 5.91 Å². The van der Waals surface area contributed by atoms with Crippen molar-refractivity contribution in [2.45, 2.75) is 32.4 Å². The minimum Gasteiger partial charge on any atom is -0.335 e. The SMILES string of the molecule is CC[C@@H]1CN(C(=O)c2ccccn2)CCC(=O)N1Cc1ccccc1. The lowest BCUT2D eigenvalue weighted by atomic mass is 10.1. The van der Waals surface area contributed by atoms with Gasteiger partial charge in [-0.15, -0.1) is 0 Å². The van der Waals surface area contributed by atoms with E-state index < -0.39 is 0 Å². The first-order valence-electron chi connectivity index (χ1n) is 8.72. The predicted octanol–water partition coefficient (Wildman–Crippen LogP) is 2.73. The molecule has 1 saturated heterocycles. The molecule has 5 nitrogen and oxygen atoms in total. The van der Waals surface area contributed by atoms with Gasteiger partial charge in [-0.3, -0.25) is 14.6 Å². The van der Waals surface area contributed by atoms with E-state index in [9.17, 15) is 9.59 Å². The summed E-state index contributed by atoms with van der Waals surface area (Å²) >= 11 is 0. The number of hydrogen-bond donors (Lipinski definition) is 0. The van der Waals surface area contributed by atoms with E-state index in [0.717, 1.165) is 12.0 Å². The third kappa shape index (κ3) is 4.05. The molecule has 1 aromatic heterocycles. The quantitative estimate of drug-likeness (QED) is 0.862. The van der Waals surface area contributed by atoms with Crippen molar-refractivity contribution >= 4 is 11.8 Å². The molecule has 1 fully saturated rings. The molecule has 2 amide bonds. The van der Waals surface area contributed by atoms with Gasteiger partial charge in [-0.05, 0) is 24.1 Å². The highest BCUT2D eigenvalue weighted by atomic mass is 16.2. The molecule has 1 atom stereocenters. The topological polar surface area (TPSA) is 53.5 Å². The highest BCUT2D eigenvalue weighted by Gasteiger charge is 2.31. The Morgan fingerprint density at radius 2 is 1.92 bits per heavy atom. The molecular weight excluding hydrogens is 314 g/mol. The van der Waals surface area contributed by atoms with Crippen molar-refractivity contribution in [3.8, 4) is 0 Å². The fraction of sp³-hybridized carbons (Fsp3) is 0.350. The van der Waals surface area contributed by atoms with Crippen molar-refractivity contribution in [3.63, 3.8) is 0 Å². The summed E-state index contributed by atoms with van der Waals surface area (Å²) in [4.78, 5) is 33.2. The molecule has 130 valence electrons. The Bertz CT molecular complexity index is 718. The number of carbonyl (C=O) groups excluding carboxylic acids is 2. The molecule has 1 aromatic carbocycles. The molecule has 3 rings (SSSR count). The molecule has 0 N–H and O–H groups in total. The summed E-state index contributed by atoms with van der Waals surface area (Å²) in [5, 5.41) is 0. The highest BCUT2D eigenvalue weighted by molar-refractivity contribution is 5.92. The predicted molar refractivity (Wildman–Crippen MR) is 95.8 cm³/mol. The van der Waals surface area contributed by atoms with Crippen molar-refractivity contribution in [2.75, 3.05) is 13.1 Å². The second-order valence-corrected chi connectivity index (χ2v) is 6.29. The van der Waals surface area contributed by atoms with Gasteiger partial charge in [0.05, 0.1) is 0 Å². The largest absolute Gasteiger partial charge is 0.335 e. The van der Waals surface area contributed by atoms with Crippen LogP contribution in [0.15, 0.2) is 54.7 Å². The van der Waals surface area contributed by atoms with E-state index in [4.69, 9.17) is 0 Å². The van der Waals surface area contributed by atoms with Gasteiger partial charge in [-0.2, -0.15) is 0 Å². The first-order chi connectivity index (χ1) is 12.2. The number of aromatic nitrogens is 1. The van der Waals surface area contributed by atoms with E-state index >= 15 is 0 Å². The molecule has 0 radical (unpaired) electrons. The summed E-state index contributed by atoms with van der Waals surface area (Å²) in [5.41, 5.74) is 1.54. The summed E-state index contributed by atoms with van der Waals surface area (Å²) in [6.07, 6.45) is 2.78. The minimum atomic E-state index is -0.103. The van der Waals surface area contributed by atoms with Gasteiger partial charge < -0.3 is 9.80 Å². The van der Waals surface area contributed by atoms with Crippen LogP contribution in [0, 0.1) is 0 Å². The molecule has 2 aromatic rings. The Kier molecular flexibility index (Phi) is 5.43. The maximum atomic E-state index is 12.7. The molecule has 2 heterocycles. The number of benzene rings is 1. The van der Waals surface area contributed by atoms with Crippen LogP contribution >= 0.6 is 0 Å². The minimum absolute atomic E-state index is 0.0165. The molecule has 5 heteroatoms. The van der Waals surface area contributed by atoms with Crippen molar-refractivity contribution in [1.29, 1.82) is 0 Å². The Hall–Kier alpha value is -2.69. The van der Waals surface area contributed by atoms with Crippen molar-refractivity contribution < 1.29 is 9.59 Å². The summed E-state index contributed by atoms with van der Waals surface area (Å²) in [6.45, 7) is 3.63. The molecule has 1 aliphatic rings. The average molecular weight is 337 g/mol. The normalized spacial score (nSPS) is 18.1. The molecule has 0 unspecified atom stereocenters. The van der Waals surface area contributed by atoms with Crippen molar-refractivity contribution in [3.05, 3.63) is 66.0 Å². The van der Waals surface area contributed by atoms with Gasteiger partial charge in [-0.1, -0.05) is 43.3 Å². The second-order valence-electron chi connectivity index (χ2n) is 6.29. The first-order valence-corrected chi connectivity index (χ1v) is 8.72. The maximum Gasteiger partial charge on any atom is 0.272 e.